The summed E-state index contributed by atoms with van der Waals surface area (Å²) in [4.78, 5) is 12.0. The molecule has 2 N–H and O–H groups in total. The maximum atomic E-state index is 12.0. The second-order valence-corrected chi connectivity index (χ2v) is 7.24. The molecule has 2 rings (SSSR count). The summed E-state index contributed by atoms with van der Waals surface area (Å²) in [5.41, 5.74) is 9.53. The summed E-state index contributed by atoms with van der Waals surface area (Å²) in [6.45, 7) is 7.36. The third-order valence-electron chi connectivity index (χ3n) is 4.25. The van der Waals surface area contributed by atoms with Crippen molar-refractivity contribution in [1.82, 2.24) is 0 Å². The van der Waals surface area contributed by atoms with Gasteiger partial charge in [0.05, 0.1) is 0 Å². The molecule has 0 spiro atoms. The van der Waals surface area contributed by atoms with Crippen molar-refractivity contribution in [3.63, 3.8) is 0 Å². The van der Waals surface area contributed by atoms with E-state index in [-0.39, 0.29) is 5.92 Å². The highest BCUT2D eigenvalue weighted by molar-refractivity contribution is 6.31. The van der Waals surface area contributed by atoms with Crippen LogP contribution in [0.5, 0.6) is 0 Å². The van der Waals surface area contributed by atoms with E-state index in [4.69, 9.17) is 33.7 Å². The first-order chi connectivity index (χ1) is 11.7. The summed E-state index contributed by atoms with van der Waals surface area (Å²) in [5, 5.41) is 1.35. The van der Waals surface area contributed by atoms with Crippen LogP contribution in [0.25, 0.3) is 0 Å². The Morgan fingerprint density at radius 2 is 1.40 bits per heavy atom. The van der Waals surface area contributed by atoms with E-state index < -0.39 is 18.1 Å². The third kappa shape index (κ3) is 4.75. The Morgan fingerprint density at radius 3 is 1.76 bits per heavy atom. The summed E-state index contributed by atoms with van der Waals surface area (Å²) in [6.07, 6.45) is -0.420. The minimum Gasteiger partial charge on any atom is -0.461 e. The lowest BCUT2D eigenvalue weighted by atomic mass is 9.86. The van der Waals surface area contributed by atoms with Crippen molar-refractivity contribution < 1.29 is 9.53 Å². The lowest BCUT2D eigenvalue weighted by Crippen LogP contribution is -2.33. The fourth-order valence-corrected chi connectivity index (χ4v) is 3.08. The van der Waals surface area contributed by atoms with Gasteiger partial charge in [0.25, 0.3) is 0 Å². The van der Waals surface area contributed by atoms with Crippen molar-refractivity contribution >= 4 is 29.2 Å². The van der Waals surface area contributed by atoms with E-state index in [9.17, 15) is 4.79 Å². The zero-order valence-electron chi connectivity index (χ0n) is 14.8. The van der Waals surface area contributed by atoms with Crippen LogP contribution >= 0.6 is 23.2 Å². The van der Waals surface area contributed by atoms with Gasteiger partial charge in [-0.15, -0.1) is 0 Å². The lowest BCUT2D eigenvalue weighted by molar-refractivity contribution is -0.149. The van der Waals surface area contributed by atoms with E-state index in [1.165, 1.54) is 0 Å². The molecular weight excluding hydrogens is 357 g/mol. The first-order valence-electron chi connectivity index (χ1n) is 8.19. The van der Waals surface area contributed by atoms with E-state index >= 15 is 0 Å². The highest BCUT2D eigenvalue weighted by Crippen LogP contribution is 2.34. The first-order valence-corrected chi connectivity index (χ1v) is 8.94. The number of rotatable bonds is 5. The highest BCUT2D eigenvalue weighted by Gasteiger charge is 2.26. The molecule has 0 saturated carbocycles. The highest BCUT2D eigenvalue weighted by atomic mass is 35.5. The maximum Gasteiger partial charge on any atom is 0.322 e. The van der Waals surface area contributed by atoms with Gasteiger partial charge in [-0.2, -0.15) is 0 Å². The smallest absolute Gasteiger partial charge is 0.322 e. The van der Waals surface area contributed by atoms with Crippen LogP contribution in [0.15, 0.2) is 36.4 Å². The molecule has 5 heteroatoms. The molecule has 0 aromatic heterocycles. The normalized spacial score (nSPS) is 13.6. The Bertz CT molecular complexity index is 723. The number of esters is 1. The number of nitrogens with two attached hydrogens (primary N) is 1. The number of carbonyl (C=O) groups is 1. The number of hydrogen-bond acceptors (Lipinski definition) is 3. The second kappa shape index (κ2) is 8.22. The Balaban J connectivity index is 2.48. The van der Waals surface area contributed by atoms with E-state index in [1.807, 2.05) is 57.2 Å². The minimum atomic E-state index is -0.675. The average molecular weight is 380 g/mol. The standard InChI is InChI=1S/C20H23Cl2NO2/c1-11-5-7-15(9-17(11)21)19(14(4)25-20(24)13(3)23)16-8-6-12(2)18(22)10-16/h5-10,13-14,19H,23H2,1-4H3/t13-,14-/m0/s1. The molecule has 0 saturated heterocycles. The van der Waals surface area contributed by atoms with Gasteiger partial charge < -0.3 is 10.5 Å². The molecule has 0 heterocycles. The molecule has 0 fully saturated rings. The van der Waals surface area contributed by atoms with E-state index in [0.29, 0.717) is 10.0 Å². The molecule has 0 radical (unpaired) electrons. The van der Waals surface area contributed by atoms with Gasteiger partial charge in [-0.25, -0.2) is 0 Å². The van der Waals surface area contributed by atoms with Crippen molar-refractivity contribution in [2.75, 3.05) is 0 Å². The third-order valence-corrected chi connectivity index (χ3v) is 5.07. The van der Waals surface area contributed by atoms with Gasteiger partial charge in [-0.3, -0.25) is 4.79 Å². The fourth-order valence-electron chi connectivity index (χ4n) is 2.70. The van der Waals surface area contributed by atoms with Gasteiger partial charge in [-0.05, 0) is 62.1 Å². The lowest BCUT2D eigenvalue weighted by Gasteiger charge is -2.26. The molecule has 2 aromatic carbocycles. The van der Waals surface area contributed by atoms with E-state index in [0.717, 1.165) is 22.3 Å². The van der Waals surface area contributed by atoms with E-state index in [2.05, 4.69) is 0 Å². The predicted molar refractivity (Wildman–Crippen MR) is 103 cm³/mol. The Morgan fingerprint density at radius 1 is 0.960 bits per heavy atom. The summed E-state index contributed by atoms with van der Waals surface area (Å²) >= 11 is 12.6. The van der Waals surface area contributed by atoms with Crippen molar-refractivity contribution in [3.8, 4) is 0 Å². The van der Waals surface area contributed by atoms with Crippen LogP contribution in [0, 0.1) is 13.8 Å². The fraction of sp³-hybridized carbons (Fsp3) is 0.350. The molecule has 25 heavy (non-hydrogen) atoms. The summed E-state index contributed by atoms with van der Waals surface area (Å²) in [6, 6.07) is 11.1. The Hall–Kier alpha value is -1.55. The quantitative estimate of drug-likeness (QED) is 0.741. The number of hydrogen-bond donors (Lipinski definition) is 1. The van der Waals surface area contributed by atoms with E-state index in [1.54, 1.807) is 6.92 Å². The number of benzene rings is 2. The summed E-state index contributed by atoms with van der Waals surface area (Å²) < 4.78 is 5.57. The molecule has 134 valence electrons. The van der Waals surface area contributed by atoms with Gasteiger partial charge in [-0.1, -0.05) is 47.5 Å². The molecule has 2 aromatic rings. The van der Waals surface area contributed by atoms with Gasteiger partial charge in [0.15, 0.2) is 0 Å². The number of ether oxygens (including phenoxy) is 1. The summed E-state index contributed by atoms with van der Waals surface area (Å²) in [7, 11) is 0. The van der Waals surface area contributed by atoms with Gasteiger partial charge in [0, 0.05) is 16.0 Å². The van der Waals surface area contributed by atoms with Crippen LogP contribution in [0.1, 0.15) is 42.0 Å². The van der Waals surface area contributed by atoms with Gasteiger partial charge in [0.2, 0.25) is 0 Å². The Kier molecular flexibility index (Phi) is 6.50. The predicted octanol–water partition coefficient (Wildman–Crippen LogP) is 5.02. The van der Waals surface area contributed by atoms with Crippen LogP contribution < -0.4 is 5.73 Å². The molecule has 0 aliphatic rings. The van der Waals surface area contributed by atoms with Gasteiger partial charge in [0.1, 0.15) is 12.1 Å². The zero-order valence-corrected chi connectivity index (χ0v) is 16.4. The molecule has 3 nitrogen and oxygen atoms in total. The second-order valence-electron chi connectivity index (χ2n) is 6.43. The van der Waals surface area contributed by atoms with Crippen molar-refractivity contribution in [2.45, 2.75) is 45.8 Å². The first kappa shape index (κ1) is 19.8. The Labute approximate surface area is 159 Å². The zero-order chi connectivity index (χ0) is 18.7. The molecule has 2 atom stereocenters. The van der Waals surface area contributed by atoms with Crippen molar-refractivity contribution in [3.05, 3.63) is 68.7 Å². The molecule has 0 amide bonds. The van der Waals surface area contributed by atoms with Crippen LogP contribution in [0.2, 0.25) is 10.0 Å². The van der Waals surface area contributed by atoms with Crippen LogP contribution in [-0.2, 0) is 9.53 Å². The van der Waals surface area contributed by atoms with Crippen molar-refractivity contribution in [2.24, 2.45) is 5.73 Å². The topological polar surface area (TPSA) is 52.3 Å². The largest absolute Gasteiger partial charge is 0.461 e. The maximum absolute atomic E-state index is 12.0. The molecular formula is C20H23Cl2NO2. The molecule has 0 aliphatic carbocycles. The summed E-state index contributed by atoms with van der Waals surface area (Å²) in [5.74, 6) is -0.632. The average Bonchev–Trinajstić information content (AvgIpc) is 2.54. The molecule has 0 unspecified atom stereocenters. The number of carbonyl (C=O) groups excluding carboxylic acids is 1. The van der Waals surface area contributed by atoms with Crippen LogP contribution in [0.3, 0.4) is 0 Å². The SMILES string of the molecule is Cc1ccc(C(c2ccc(C)c(Cl)c2)[C@H](C)OC(=O)[C@H](C)N)cc1Cl. The number of aryl methyl sites for hydroxylation is 2. The van der Waals surface area contributed by atoms with Crippen LogP contribution in [0.4, 0.5) is 0 Å². The van der Waals surface area contributed by atoms with Crippen LogP contribution in [-0.4, -0.2) is 18.1 Å². The monoisotopic (exact) mass is 379 g/mol. The van der Waals surface area contributed by atoms with Gasteiger partial charge >= 0.3 is 5.97 Å². The molecule has 0 aliphatic heterocycles. The number of halogens is 2. The molecule has 0 bridgehead atoms. The minimum absolute atomic E-state index is 0.195. The van der Waals surface area contributed by atoms with Crippen molar-refractivity contribution in [1.29, 1.82) is 0 Å².